The molecule has 1 heterocycles. The molecule has 0 aliphatic heterocycles. The molecule has 0 spiro atoms. The van der Waals surface area contributed by atoms with E-state index in [1.54, 1.807) is 0 Å². The van der Waals surface area contributed by atoms with Crippen LogP contribution in [0.5, 0.6) is 0 Å². The predicted molar refractivity (Wildman–Crippen MR) is 62.6 cm³/mol. The molecule has 1 aromatic heterocycles. The van der Waals surface area contributed by atoms with Crippen molar-refractivity contribution in [3.05, 3.63) is 23.2 Å². The van der Waals surface area contributed by atoms with Crippen LogP contribution in [-0.4, -0.2) is 6.04 Å². The fraction of sp³-hybridized carbons (Fsp3) is 0.538. The maximum atomic E-state index is 5.50. The van der Waals surface area contributed by atoms with Crippen LogP contribution in [0.1, 0.15) is 43.4 Å². The van der Waals surface area contributed by atoms with Gasteiger partial charge in [-0.3, -0.25) is 0 Å². The third-order valence-electron chi connectivity index (χ3n) is 2.50. The molecule has 2 unspecified atom stereocenters. The number of terminal acetylenes is 1. The molecule has 1 aromatic rings. The van der Waals surface area contributed by atoms with Crippen molar-refractivity contribution in [1.29, 1.82) is 0 Å². The Morgan fingerprint density at radius 2 is 2.13 bits per heavy atom. The molecule has 82 valence electrons. The summed E-state index contributed by atoms with van der Waals surface area (Å²) in [6.07, 6.45) is 6.02. The van der Waals surface area contributed by atoms with Gasteiger partial charge in [0.2, 0.25) is 0 Å². The van der Waals surface area contributed by atoms with Gasteiger partial charge in [-0.05, 0) is 33.8 Å². The molecule has 15 heavy (non-hydrogen) atoms. The van der Waals surface area contributed by atoms with E-state index in [2.05, 4.69) is 31.2 Å². The Hall–Kier alpha value is -1.20. The molecule has 0 saturated heterocycles. The predicted octanol–water partition coefficient (Wildman–Crippen LogP) is 2.96. The van der Waals surface area contributed by atoms with E-state index in [0.29, 0.717) is 6.04 Å². The van der Waals surface area contributed by atoms with Gasteiger partial charge in [-0.2, -0.15) is 0 Å². The highest BCUT2D eigenvalue weighted by Crippen LogP contribution is 2.21. The van der Waals surface area contributed by atoms with Gasteiger partial charge in [0.25, 0.3) is 0 Å². The van der Waals surface area contributed by atoms with Crippen LogP contribution in [0.25, 0.3) is 0 Å². The zero-order valence-corrected chi connectivity index (χ0v) is 9.92. The van der Waals surface area contributed by atoms with Gasteiger partial charge in [0.05, 0.1) is 0 Å². The number of nitrogens with one attached hydrogen (secondary N) is 1. The lowest BCUT2D eigenvalue weighted by molar-refractivity contribution is 0.465. The molecule has 1 rings (SSSR count). The van der Waals surface area contributed by atoms with Crippen LogP contribution in [0.15, 0.2) is 10.5 Å². The maximum absolute atomic E-state index is 5.50. The van der Waals surface area contributed by atoms with Gasteiger partial charge < -0.3 is 9.73 Å². The molecule has 2 atom stereocenters. The second-order valence-corrected chi connectivity index (χ2v) is 4.07. The number of aryl methyl sites for hydroxylation is 2. The average Bonchev–Trinajstić information content (AvgIpc) is 2.45. The van der Waals surface area contributed by atoms with E-state index >= 15 is 0 Å². The molecule has 0 bridgehead atoms. The fourth-order valence-electron chi connectivity index (χ4n) is 1.83. The van der Waals surface area contributed by atoms with Gasteiger partial charge >= 0.3 is 0 Å². The van der Waals surface area contributed by atoms with Crippen LogP contribution in [0.2, 0.25) is 0 Å². The van der Waals surface area contributed by atoms with E-state index in [4.69, 9.17) is 10.8 Å². The molecule has 0 radical (unpaired) electrons. The van der Waals surface area contributed by atoms with Crippen LogP contribution in [-0.2, 0) is 0 Å². The van der Waals surface area contributed by atoms with Crippen LogP contribution in [0.4, 0.5) is 0 Å². The van der Waals surface area contributed by atoms with Gasteiger partial charge in [-0.1, -0.05) is 0 Å². The summed E-state index contributed by atoms with van der Waals surface area (Å²) in [6.45, 7) is 8.18. The summed E-state index contributed by atoms with van der Waals surface area (Å²) >= 11 is 0. The van der Waals surface area contributed by atoms with E-state index in [1.807, 2.05) is 13.8 Å². The van der Waals surface area contributed by atoms with Gasteiger partial charge in [0.1, 0.15) is 11.5 Å². The lowest BCUT2D eigenvalue weighted by atomic mass is 10.1. The van der Waals surface area contributed by atoms with E-state index < -0.39 is 0 Å². The summed E-state index contributed by atoms with van der Waals surface area (Å²) in [5, 5.41) is 3.45. The second-order valence-electron chi connectivity index (χ2n) is 4.07. The molecular formula is C13H19NO. The third kappa shape index (κ3) is 3.14. The fourth-order valence-corrected chi connectivity index (χ4v) is 1.83. The highest BCUT2D eigenvalue weighted by atomic mass is 16.3. The minimum atomic E-state index is 0.283. The van der Waals surface area contributed by atoms with Crippen molar-refractivity contribution in [2.24, 2.45) is 0 Å². The SMILES string of the molecule is C#CCC(C)NC(C)c1cc(C)oc1C. The second kappa shape index (κ2) is 5.04. The summed E-state index contributed by atoms with van der Waals surface area (Å²) in [5.41, 5.74) is 1.22. The quantitative estimate of drug-likeness (QED) is 0.764. The van der Waals surface area contributed by atoms with Crippen molar-refractivity contribution in [2.75, 3.05) is 0 Å². The first-order chi connectivity index (χ1) is 7.04. The summed E-state index contributed by atoms with van der Waals surface area (Å²) in [5.74, 6) is 4.60. The molecule has 0 aliphatic carbocycles. The zero-order valence-electron chi connectivity index (χ0n) is 9.92. The van der Waals surface area contributed by atoms with Crippen LogP contribution in [0.3, 0.4) is 0 Å². The number of hydrogen-bond acceptors (Lipinski definition) is 2. The molecule has 0 amide bonds. The Kier molecular flexibility index (Phi) is 3.99. The normalized spacial score (nSPS) is 14.6. The smallest absolute Gasteiger partial charge is 0.105 e. The Morgan fingerprint density at radius 1 is 1.47 bits per heavy atom. The molecule has 0 fully saturated rings. The first-order valence-electron chi connectivity index (χ1n) is 5.31. The average molecular weight is 205 g/mol. The molecule has 2 nitrogen and oxygen atoms in total. The molecule has 0 saturated carbocycles. The molecule has 0 aromatic carbocycles. The molecular weight excluding hydrogens is 186 g/mol. The Bertz CT molecular complexity index is 359. The Balaban J connectivity index is 2.65. The van der Waals surface area contributed by atoms with E-state index in [9.17, 15) is 0 Å². The van der Waals surface area contributed by atoms with E-state index in [1.165, 1.54) is 5.56 Å². The summed E-state index contributed by atoms with van der Waals surface area (Å²) in [4.78, 5) is 0. The van der Waals surface area contributed by atoms with E-state index in [-0.39, 0.29) is 6.04 Å². The lowest BCUT2D eigenvalue weighted by Crippen LogP contribution is -2.28. The summed E-state index contributed by atoms with van der Waals surface area (Å²) in [6, 6.07) is 2.70. The Labute approximate surface area is 92.1 Å². The van der Waals surface area contributed by atoms with Gasteiger partial charge in [0.15, 0.2) is 0 Å². The van der Waals surface area contributed by atoms with Crippen molar-refractivity contribution in [1.82, 2.24) is 5.32 Å². The maximum Gasteiger partial charge on any atom is 0.105 e. The van der Waals surface area contributed by atoms with Gasteiger partial charge in [-0.15, -0.1) is 12.3 Å². The van der Waals surface area contributed by atoms with Crippen molar-refractivity contribution in [3.8, 4) is 12.3 Å². The number of rotatable bonds is 4. The van der Waals surface area contributed by atoms with Crippen molar-refractivity contribution in [2.45, 2.75) is 46.2 Å². The first-order valence-corrected chi connectivity index (χ1v) is 5.31. The molecule has 2 heteroatoms. The minimum Gasteiger partial charge on any atom is -0.466 e. The van der Waals surface area contributed by atoms with Crippen LogP contribution in [0, 0.1) is 26.2 Å². The highest BCUT2D eigenvalue weighted by molar-refractivity contribution is 5.23. The van der Waals surface area contributed by atoms with Crippen LogP contribution >= 0.6 is 0 Å². The van der Waals surface area contributed by atoms with Gasteiger partial charge in [0, 0.05) is 24.1 Å². The topological polar surface area (TPSA) is 25.2 Å². The van der Waals surface area contributed by atoms with Crippen LogP contribution < -0.4 is 5.32 Å². The summed E-state index contributed by atoms with van der Waals surface area (Å²) < 4.78 is 5.50. The highest BCUT2D eigenvalue weighted by Gasteiger charge is 2.13. The van der Waals surface area contributed by atoms with E-state index in [0.717, 1.165) is 17.9 Å². The van der Waals surface area contributed by atoms with Gasteiger partial charge in [-0.25, -0.2) is 0 Å². The lowest BCUT2D eigenvalue weighted by Gasteiger charge is -2.17. The van der Waals surface area contributed by atoms with Crippen molar-refractivity contribution in [3.63, 3.8) is 0 Å². The molecule has 0 aliphatic rings. The minimum absolute atomic E-state index is 0.283. The zero-order chi connectivity index (χ0) is 11.4. The van der Waals surface area contributed by atoms with Crippen molar-refractivity contribution < 1.29 is 4.42 Å². The summed E-state index contributed by atoms with van der Waals surface area (Å²) in [7, 11) is 0. The number of furan rings is 1. The standard InChI is InChI=1S/C13H19NO/c1-6-7-9(2)14-11(4)13-8-10(3)15-12(13)5/h1,8-9,11,14H,7H2,2-5H3. The first kappa shape index (κ1) is 11.9. The monoisotopic (exact) mass is 205 g/mol. The number of hydrogen-bond donors (Lipinski definition) is 1. The largest absolute Gasteiger partial charge is 0.466 e. The Morgan fingerprint density at radius 3 is 2.60 bits per heavy atom. The van der Waals surface area contributed by atoms with Crippen molar-refractivity contribution >= 4 is 0 Å². The molecule has 1 N–H and O–H groups in total. The third-order valence-corrected chi connectivity index (χ3v) is 2.50.